The van der Waals surface area contributed by atoms with Crippen LogP contribution in [0.25, 0.3) is 0 Å². The van der Waals surface area contributed by atoms with E-state index in [1.807, 2.05) is 0 Å². The molecule has 0 amide bonds. The van der Waals surface area contributed by atoms with Crippen LogP contribution < -0.4 is 4.74 Å². The molecule has 7 heteroatoms. The van der Waals surface area contributed by atoms with Gasteiger partial charge in [0.2, 0.25) is 0 Å². The fraction of sp³-hybridized carbons (Fsp3) is 0.143. The van der Waals surface area contributed by atoms with Gasteiger partial charge in [-0.2, -0.15) is 8.42 Å². The Bertz CT molecular complexity index is 458. The van der Waals surface area contributed by atoms with Crippen molar-refractivity contribution in [1.29, 1.82) is 0 Å². The Balaban J connectivity index is 3.47. The predicted octanol–water partition coefficient (Wildman–Crippen LogP) is 2.66. The van der Waals surface area contributed by atoms with Crippen molar-refractivity contribution in [2.75, 3.05) is 7.11 Å². The zero-order valence-corrected chi connectivity index (χ0v) is 9.25. The molecule has 0 aliphatic rings. The number of rotatable bonds is 2. The van der Waals surface area contributed by atoms with Gasteiger partial charge in [0.1, 0.15) is 15.7 Å². The second-order valence-corrected chi connectivity index (χ2v) is 4.40. The molecule has 14 heavy (non-hydrogen) atoms. The van der Waals surface area contributed by atoms with Crippen molar-refractivity contribution in [3.63, 3.8) is 0 Å². The lowest BCUT2D eigenvalue weighted by atomic mass is 10.3. The molecule has 0 spiro atoms. The van der Waals surface area contributed by atoms with Crippen LogP contribution in [0.1, 0.15) is 0 Å². The topological polar surface area (TPSA) is 43.4 Å². The van der Waals surface area contributed by atoms with Gasteiger partial charge in [0, 0.05) is 0 Å². The maximum atomic E-state index is 12.6. The van der Waals surface area contributed by atoms with Crippen molar-refractivity contribution in [1.82, 2.24) is 0 Å². The molecule has 0 radical (unpaired) electrons. The Labute approximate surface area is 90.6 Å². The zero-order valence-electron chi connectivity index (χ0n) is 6.92. The van der Waals surface area contributed by atoms with E-state index in [4.69, 9.17) is 27.9 Å². The minimum absolute atomic E-state index is 0.132. The van der Waals surface area contributed by atoms with E-state index in [-0.39, 0.29) is 15.8 Å². The van der Waals surface area contributed by atoms with Gasteiger partial charge < -0.3 is 4.74 Å². The smallest absolute Gasteiger partial charge is 0.333 e. The summed E-state index contributed by atoms with van der Waals surface area (Å²) in [6, 6.07) is 2.21. The predicted molar refractivity (Wildman–Crippen MR) is 51.3 cm³/mol. The first-order valence-electron chi connectivity index (χ1n) is 3.34. The van der Waals surface area contributed by atoms with E-state index in [1.165, 1.54) is 13.2 Å². The first-order chi connectivity index (χ1) is 6.38. The average Bonchev–Trinajstić information content (AvgIpc) is 2.07. The zero-order chi connectivity index (χ0) is 10.9. The van der Waals surface area contributed by atoms with Crippen LogP contribution in [0.2, 0.25) is 10.0 Å². The quantitative estimate of drug-likeness (QED) is 0.767. The highest BCUT2D eigenvalue weighted by Crippen LogP contribution is 2.36. The van der Waals surface area contributed by atoms with Gasteiger partial charge in [-0.15, -0.1) is 3.89 Å². The van der Waals surface area contributed by atoms with E-state index in [1.54, 1.807) is 0 Å². The number of halogens is 3. The van der Waals surface area contributed by atoms with Crippen molar-refractivity contribution < 1.29 is 17.0 Å². The number of ether oxygens (including phenoxy) is 1. The molecule has 3 nitrogen and oxygen atoms in total. The molecule has 78 valence electrons. The van der Waals surface area contributed by atoms with Gasteiger partial charge in [0.15, 0.2) is 0 Å². The minimum Gasteiger partial charge on any atom is -0.495 e. The lowest BCUT2D eigenvalue weighted by molar-refractivity contribution is 0.414. The van der Waals surface area contributed by atoms with Gasteiger partial charge in [-0.25, -0.2) is 0 Å². The van der Waals surface area contributed by atoms with Gasteiger partial charge >= 0.3 is 10.2 Å². The van der Waals surface area contributed by atoms with Crippen LogP contribution in [0.5, 0.6) is 5.75 Å². The third kappa shape index (κ3) is 2.10. The third-order valence-electron chi connectivity index (χ3n) is 1.49. The third-order valence-corrected chi connectivity index (χ3v) is 3.34. The van der Waals surface area contributed by atoms with Crippen molar-refractivity contribution in [2.45, 2.75) is 4.90 Å². The fourth-order valence-electron chi connectivity index (χ4n) is 0.860. The van der Waals surface area contributed by atoms with Crippen LogP contribution in [0.3, 0.4) is 0 Å². The summed E-state index contributed by atoms with van der Waals surface area (Å²) in [6.45, 7) is 0. The van der Waals surface area contributed by atoms with Crippen molar-refractivity contribution in [3.8, 4) is 5.75 Å². The first kappa shape index (κ1) is 11.6. The Morgan fingerprint density at radius 1 is 1.29 bits per heavy atom. The summed E-state index contributed by atoms with van der Waals surface area (Å²) >= 11 is 11.1. The SMILES string of the molecule is COc1ccc(S(=O)(=O)F)c(Cl)c1Cl. The Morgan fingerprint density at radius 3 is 2.29 bits per heavy atom. The summed E-state index contributed by atoms with van der Waals surface area (Å²) in [4.78, 5) is -0.662. The summed E-state index contributed by atoms with van der Waals surface area (Å²) in [7, 11) is -3.52. The molecule has 0 aromatic heterocycles. The molecule has 1 aromatic rings. The Kier molecular flexibility index (Phi) is 3.24. The van der Waals surface area contributed by atoms with Crippen LogP contribution >= 0.6 is 23.2 Å². The average molecular weight is 259 g/mol. The van der Waals surface area contributed by atoms with Gasteiger partial charge in [-0.3, -0.25) is 0 Å². The van der Waals surface area contributed by atoms with E-state index in [0.29, 0.717) is 0 Å². The molecule has 0 heterocycles. The van der Waals surface area contributed by atoms with Crippen molar-refractivity contribution in [2.24, 2.45) is 0 Å². The maximum absolute atomic E-state index is 12.6. The van der Waals surface area contributed by atoms with Crippen molar-refractivity contribution in [3.05, 3.63) is 22.2 Å². The highest BCUT2D eigenvalue weighted by atomic mass is 35.5. The molecule has 0 atom stereocenters. The molecule has 0 aliphatic carbocycles. The molecular weight excluding hydrogens is 254 g/mol. The largest absolute Gasteiger partial charge is 0.495 e. The summed E-state index contributed by atoms with van der Waals surface area (Å²) in [5, 5.41) is -0.513. The molecule has 0 fully saturated rings. The standard InChI is InChI=1S/C7H5Cl2FO3S/c1-13-4-2-3-5(14(10,11)12)7(9)6(4)8/h2-3H,1H3. The Morgan fingerprint density at radius 2 is 1.86 bits per heavy atom. The Hall–Kier alpha value is -0.520. The molecule has 1 aromatic carbocycles. The normalized spacial score (nSPS) is 11.4. The van der Waals surface area contributed by atoms with E-state index in [2.05, 4.69) is 0 Å². The molecule has 0 unspecified atom stereocenters. The summed E-state index contributed by atoms with van der Waals surface area (Å²) in [5.74, 6) is 0.184. The lowest BCUT2D eigenvalue weighted by Gasteiger charge is -2.06. The highest BCUT2D eigenvalue weighted by Gasteiger charge is 2.20. The van der Waals surface area contributed by atoms with Crippen LogP contribution in [-0.4, -0.2) is 15.5 Å². The van der Waals surface area contributed by atoms with Gasteiger partial charge in [0.05, 0.1) is 12.1 Å². The van der Waals surface area contributed by atoms with Crippen LogP contribution in [-0.2, 0) is 10.2 Å². The molecule has 0 N–H and O–H groups in total. The van der Waals surface area contributed by atoms with Crippen LogP contribution in [0, 0.1) is 0 Å². The summed E-state index contributed by atoms with van der Waals surface area (Å²) in [6.07, 6.45) is 0. The number of benzene rings is 1. The van der Waals surface area contributed by atoms with Crippen LogP contribution in [0.4, 0.5) is 3.89 Å². The number of hydrogen-bond donors (Lipinski definition) is 0. The maximum Gasteiger partial charge on any atom is 0.333 e. The van der Waals surface area contributed by atoms with E-state index in [0.717, 1.165) is 6.07 Å². The number of hydrogen-bond acceptors (Lipinski definition) is 3. The number of methoxy groups -OCH3 is 1. The molecule has 0 saturated heterocycles. The molecule has 0 bridgehead atoms. The molecule has 0 saturated carbocycles. The van der Waals surface area contributed by atoms with Gasteiger partial charge in [-0.1, -0.05) is 23.2 Å². The second kappa shape index (κ2) is 3.92. The first-order valence-corrected chi connectivity index (χ1v) is 5.48. The fourth-order valence-corrected chi connectivity index (χ4v) is 2.14. The van der Waals surface area contributed by atoms with E-state index in [9.17, 15) is 12.3 Å². The van der Waals surface area contributed by atoms with Gasteiger partial charge in [0.25, 0.3) is 0 Å². The highest BCUT2D eigenvalue weighted by molar-refractivity contribution is 7.86. The monoisotopic (exact) mass is 258 g/mol. The van der Waals surface area contributed by atoms with Crippen LogP contribution in [0.15, 0.2) is 17.0 Å². The molecule has 1 rings (SSSR count). The van der Waals surface area contributed by atoms with Gasteiger partial charge in [-0.05, 0) is 12.1 Å². The van der Waals surface area contributed by atoms with E-state index >= 15 is 0 Å². The minimum atomic E-state index is -4.85. The molecule has 0 aliphatic heterocycles. The molecular formula is C7H5Cl2FO3S. The second-order valence-electron chi connectivity index (χ2n) is 2.33. The summed E-state index contributed by atoms with van der Waals surface area (Å²) < 4.78 is 38.5. The van der Waals surface area contributed by atoms with Crippen molar-refractivity contribution >= 4 is 33.4 Å². The lowest BCUT2D eigenvalue weighted by Crippen LogP contribution is -1.95. The van der Waals surface area contributed by atoms with E-state index < -0.39 is 15.1 Å². The summed E-state index contributed by atoms with van der Waals surface area (Å²) in [5.41, 5.74) is 0.